The minimum atomic E-state index is -3.57. The average molecular weight is 326 g/mol. The van der Waals surface area contributed by atoms with Gasteiger partial charge in [0.25, 0.3) is 10.2 Å². The maximum atomic E-state index is 14.3. The SMILES string of the molecule is Cc1nccn1-c1ccc(C(C)NS(=O)(=O)N(C)C)cc1F. The van der Waals surface area contributed by atoms with Crippen molar-refractivity contribution in [3.8, 4) is 5.69 Å². The summed E-state index contributed by atoms with van der Waals surface area (Å²) in [6.45, 7) is 3.44. The molecule has 1 heterocycles. The summed E-state index contributed by atoms with van der Waals surface area (Å²) in [5, 5.41) is 0. The molecule has 2 rings (SSSR count). The number of halogens is 1. The smallest absolute Gasteiger partial charge is 0.279 e. The Morgan fingerprint density at radius 2 is 2.05 bits per heavy atom. The van der Waals surface area contributed by atoms with Crippen LogP contribution in [0, 0.1) is 12.7 Å². The van der Waals surface area contributed by atoms with Crippen LogP contribution in [0.25, 0.3) is 5.69 Å². The Balaban J connectivity index is 2.28. The Bertz CT molecular complexity index is 771. The molecule has 0 fully saturated rings. The number of hydrogen-bond donors (Lipinski definition) is 1. The molecule has 1 unspecified atom stereocenters. The van der Waals surface area contributed by atoms with Crippen LogP contribution >= 0.6 is 0 Å². The maximum absolute atomic E-state index is 14.3. The van der Waals surface area contributed by atoms with Gasteiger partial charge in [0.15, 0.2) is 0 Å². The Morgan fingerprint density at radius 3 is 2.55 bits per heavy atom. The van der Waals surface area contributed by atoms with Crippen LogP contribution in [0.3, 0.4) is 0 Å². The number of benzene rings is 1. The number of nitrogens with zero attached hydrogens (tertiary/aromatic N) is 3. The van der Waals surface area contributed by atoms with E-state index in [2.05, 4.69) is 9.71 Å². The molecule has 0 aliphatic rings. The first-order valence-electron chi connectivity index (χ1n) is 6.72. The van der Waals surface area contributed by atoms with Gasteiger partial charge in [-0.3, -0.25) is 0 Å². The molecule has 0 spiro atoms. The largest absolute Gasteiger partial charge is 0.301 e. The van der Waals surface area contributed by atoms with E-state index >= 15 is 0 Å². The lowest BCUT2D eigenvalue weighted by atomic mass is 10.1. The standard InChI is InChI=1S/C14H19FN4O2S/c1-10(17-22(20,21)18(3)4)12-5-6-14(13(15)9-12)19-8-7-16-11(19)2/h5-10,17H,1-4H3. The predicted molar refractivity (Wildman–Crippen MR) is 82.4 cm³/mol. The molecular weight excluding hydrogens is 307 g/mol. The summed E-state index contributed by atoms with van der Waals surface area (Å²) in [6.07, 6.45) is 3.27. The van der Waals surface area contributed by atoms with Crippen LogP contribution in [0.15, 0.2) is 30.6 Å². The lowest BCUT2D eigenvalue weighted by Gasteiger charge is -2.19. The third-order valence-corrected chi connectivity index (χ3v) is 4.98. The van der Waals surface area contributed by atoms with Crippen molar-refractivity contribution in [2.24, 2.45) is 0 Å². The second kappa shape index (κ2) is 6.15. The fourth-order valence-corrected chi connectivity index (χ4v) is 2.81. The van der Waals surface area contributed by atoms with Crippen molar-refractivity contribution in [3.05, 3.63) is 47.8 Å². The number of hydrogen-bond acceptors (Lipinski definition) is 3. The molecule has 0 amide bonds. The molecule has 1 N–H and O–H groups in total. The van der Waals surface area contributed by atoms with Crippen LogP contribution in [0.5, 0.6) is 0 Å². The van der Waals surface area contributed by atoms with E-state index in [-0.39, 0.29) is 0 Å². The molecule has 1 atom stereocenters. The molecule has 2 aromatic rings. The Labute approximate surface area is 129 Å². The van der Waals surface area contributed by atoms with Gasteiger partial charge in [-0.25, -0.2) is 9.37 Å². The van der Waals surface area contributed by atoms with Gasteiger partial charge in [-0.2, -0.15) is 17.4 Å². The van der Waals surface area contributed by atoms with Crippen molar-refractivity contribution in [2.45, 2.75) is 19.9 Å². The molecule has 0 aliphatic heterocycles. The van der Waals surface area contributed by atoms with Crippen LogP contribution in [0.4, 0.5) is 4.39 Å². The highest BCUT2D eigenvalue weighted by molar-refractivity contribution is 7.87. The van der Waals surface area contributed by atoms with Gasteiger partial charge >= 0.3 is 0 Å². The van der Waals surface area contributed by atoms with Gasteiger partial charge in [0.05, 0.1) is 5.69 Å². The van der Waals surface area contributed by atoms with Crippen molar-refractivity contribution >= 4 is 10.2 Å². The van der Waals surface area contributed by atoms with Crippen LogP contribution in [0.1, 0.15) is 24.4 Å². The second-order valence-corrected chi connectivity index (χ2v) is 7.10. The van der Waals surface area contributed by atoms with E-state index in [4.69, 9.17) is 0 Å². The molecule has 0 saturated carbocycles. The molecule has 0 radical (unpaired) electrons. The van der Waals surface area contributed by atoms with E-state index < -0.39 is 22.1 Å². The molecule has 8 heteroatoms. The monoisotopic (exact) mass is 326 g/mol. The summed E-state index contributed by atoms with van der Waals surface area (Å²) in [5.41, 5.74) is 0.922. The van der Waals surface area contributed by atoms with Crippen LogP contribution in [0.2, 0.25) is 0 Å². The summed E-state index contributed by atoms with van der Waals surface area (Å²) in [5.74, 6) is 0.238. The molecule has 0 bridgehead atoms. The van der Waals surface area contributed by atoms with Crippen molar-refractivity contribution in [3.63, 3.8) is 0 Å². The lowest BCUT2D eigenvalue weighted by Crippen LogP contribution is -2.37. The summed E-state index contributed by atoms with van der Waals surface area (Å²) in [4.78, 5) is 4.06. The average Bonchev–Trinajstić information content (AvgIpc) is 2.84. The molecule has 0 saturated heterocycles. The van der Waals surface area contributed by atoms with Gasteiger partial charge < -0.3 is 4.57 Å². The zero-order valence-corrected chi connectivity index (χ0v) is 13.7. The van der Waals surface area contributed by atoms with E-state index in [0.717, 1.165) is 4.31 Å². The normalized spacial score (nSPS) is 13.5. The van der Waals surface area contributed by atoms with Gasteiger partial charge in [0, 0.05) is 32.5 Å². The van der Waals surface area contributed by atoms with E-state index in [0.29, 0.717) is 17.1 Å². The Kier molecular flexibility index (Phi) is 4.64. The Morgan fingerprint density at radius 1 is 1.36 bits per heavy atom. The van der Waals surface area contributed by atoms with E-state index in [1.165, 1.54) is 20.2 Å². The number of nitrogens with one attached hydrogen (secondary N) is 1. The van der Waals surface area contributed by atoms with E-state index in [1.807, 2.05) is 0 Å². The molecule has 1 aromatic carbocycles. The predicted octanol–water partition coefficient (Wildman–Crippen LogP) is 1.78. The third-order valence-electron chi connectivity index (χ3n) is 3.36. The van der Waals surface area contributed by atoms with Gasteiger partial charge in [-0.1, -0.05) is 6.07 Å². The van der Waals surface area contributed by atoms with Crippen molar-refractivity contribution in [1.29, 1.82) is 0 Å². The molecular formula is C14H19FN4O2S. The minimum Gasteiger partial charge on any atom is -0.301 e. The first-order valence-corrected chi connectivity index (χ1v) is 8.16. The quantitative estimate of drug-likeness (QED) is 0.911. The van der Waals surface area contributed by atoms with Crippen molar-refractivity contribution in [1.82, 2.24) is 18.6 Å². The molecule has 120 valence electrons. The van der Waals surface area contributed by atoms with Crippen LogP contribution in [-0.2, 0) is 10.2 Å². The summed E-state index contributed by atoms with van der Waals surface area (Å²) >= 11 is 0. The fourth-order valence-electron chi connectivity index (χ4n) is 2.02. The summed E-state index contributed by atoms with van der Waals surface area (Å²) < 4.78 is 43.1. The first kappa shape index (κ1) is 16.6. The fraction of sp³-hybridized carbons (Fsp3) is 0.357. The summed E-state index contributed by atoms with van der Waals surface area (Å²) in [6, 6.07) is 4.10. The molecule has 1 aromatic heterocycles. The van der Waals surface area contributed by atoms with Crippen molar-refractivity contribution in [2.75, 3.05) is 14.1 Å². The van der Waals surface area contributed by atoms with E-state index in [9.17, 15) is 12.8 Å². The molecule has 0 aliphatic carbocycles. The topological polar surface area (TPSA) is 67.2 Å². The zero-order valence-electron chi connectivity index (χ0n) is 12.9. The highest BCUT2D eigenvalue weighted by Gasteiger charge is 2.19. The first-order chi connectivity index (χ1) is 10.2. The second-order valence-electron chi connectivity index (χ2n) is 5.18. The van der Waals surface area contributed by atoms with Gasteiger partial charge in [0.1, 0.15) is 11.6 Å². The zero-order chi connectivity index (χ0) is 16.5. The minimum absolute atomic E-state index is 0.376. The summed E-state index contributed by atoms with van der Waals surface area (Å²) in [7, 11) is -0.711. The van der Waals surface area contributed by atoms with Crippen LogP contribution < -0.4 is 4.72 Å². The highest BCUT2D eigenvalue weighted by atomic mass is 32.2. The number of aryl methyl sites for hydroxylation is 1. The van der Waals surface area contributed by atoms with Gasteiger partial charge in [-0.05, 0) is 31.5 Å². The lowest BCUT2D eigenvalue weighted by molar-refractivity contribution is 0.494. The molecule has 6 nitrogen and oxygen atoms in total. The molecule has 22 heavy (non-hydrogen) atoms. The number of rotatable bonds is 5. The third kappa shape index (κ3) is 3.34. The number of imidazole rings is 1. The van der Waals surface area contributed by atoms with Gasteiger partial charge in [-0.15, -0.1) is 0 Å². The maximum Gasteiger partial charge on any atom is 0.279 e. The van der Waals surface area contributed by atoms with Crippen molar-refractivity contribution < 1.29 is 12.8 Å². The van der Waals surface area contributed by atoms with Gasteiger partial charge in [0.2, 0.25) is 0 Å². The Hall–Kier alpha value is -1.77. The van der Waals surface area contributed by atoms with Crippen LogP contribution in [-0.4, -0.2) is 36.4 Å². The number of aromatic nitrogens is 2. The highest BCUT2D eigenvalue weighted by Crippen LogP contribution is 2.21. The van der Waals surface area contributed by atoms with E-state index in [1.54, 1.807) is 42.9 Å².